The van der Waals surface area contributed by atoms with Crippen LogP contribution in [0.1, 0.15) is 32.7 Å². The summed E-state index contributed by atoms with van der Waals surface area (Å²) in [6, 6.07) is 13.9. The second kappa shape index (κ2) is 7.08. The molecule has 132 valence electrons. The molecule has 1 aromatic heterocycles. The number of nitrogens with zero attached hydrogens (tertiary/aromatic N) is 2. The van der Waals surface area contributed by atoms with E-state index < -0.39 is 0 Å². The van der Waals surface area contributed by atoms with Gasteiger partial charge in [0.15, 0.2) is 0 Å². The second-order valence-electron chi connectivity index (χ2n) is 6.40. The Morgan fingerprint density at radius 3 is 2.77 bits per heavy atom. The number of rotatable bonds is 3. The van der Waals surface area contributed by atoms with Crippen molar-refractivity contribution in [3.05, 3.63) is 74.0 Å². The van der Waals surface area contributed by atoms with Gasteiger partial charge in [0.1, 0.15) is 5.82 Å². The Morgan fingerprint density at radius 1 is 1.19 bits per heavy atom. The van der Waals surface area contributed by atoms with Crippen LogP contribution < -0.4 is 5.32 Å². The molecule has 2 aromatic carbocycles. The molecule has 0 aliphatic carbocycles. The van der Waals surface area contributed by atoms with Gasteiger partial charge in [0.2, 0.25) is 0 Å². The summed E-state index contributed by atoms with van der Waals surface area (Å²) < 4.78 is 2.83. The minimum atomic E-state index is -0.0967. The summed E-state index contributed by atoms with van der Waals surface area (Å²) in [7, 11) is 0. The highest BCUT2D eigenvalue weighted by Gasteiger charge is 2.25. The largest absolute Gasteiger partial charge is 0.306 e. The fourth-order valence-electron chi connectivity index (χ4n) is 3.18. The van der Waals surface area contributed by atoms with E-state index in [1.807, 2.05) is 40.7 Å². The summed E-state index contributed by atoms with van der Waals surface area (Å²) in [5.74, 6) is 2.46. The van der Waals surface area contributed by atoms with Crippen molar-refractivity contribution in [1.82, 2.24) is 9.78 Å². The average molecular weight is 475 g/mol. The molecule has 0 fully saturated rings. The van der Waals surface area contributed by atoms with Crippen molar-refractivity contribution in [2.75, 3.05) is 5.32 Å². The zero-order valence-corrected chi connectivity index (χ0v) is 17.5. The first-order valence-electron chi connectivity index (χ1n) is 8.36. The number of carbonyl (C=O) groups excluding carboxylic acids is 1. The molecule has 1 aliphatic heterocycles. The van der Waals surface area contributed by atoms with Gasteiger partial charge in [-0.3, -0.25) is 4.79 Å². The van der Waals surface area contributed by atoms with Gasteiger partial charge < -0.3 is 5.32 Å². The number of halogens is 1. The predicted molar refractivity (Wildman–Crippen MR) is 115 cm³/mol. The molecule has 2 heterocycles. The number of amides is 1. The van der Waals surface area contributed by atoms with E-state index in [-0.39, 0.29) is 5.91 Å². The van der Waals surface area contributed by atoms with Crippen LogP contribution in [0, 0.1) is 17.4 Å². The highest BCUT2D eigenvalue weighted by molar-refractivity contribution is 14.1. The highest BCUT2D eigenvalue weighted by Crippen LogP contribution is 2.37. The van der Waals surface area contributed by atoms with Crippen molar-refractivity contribution in [2.24, 2.45) is 0 Å². The summed E-state index contributed by atoms with van der Waals surface area (Å²) in [5, 5.41) is 7.93. The van der Waals surface area contributed by atoms with Gasteiger partial charge in [-0.1, -0.05) is 29.8 Å². The third-order valence-electron chi connectivity index (χ3n) is 4.48. The minimum absolute atomic E-state index is 0.0967. The summed E-state index contributed by atoms with van der Waals surface area (Å²) in [4.78, 5) is 12.9. The van der Waals surface area contributed by atoms with Gasteiger partial charge in [-0.15, -0.1) is 0 Å². The molecule has 1 N–H and O–H groups in total. The second-order valence-corrected chi connectivity index (χ2v) is 8.55. The van der Waals surface area contributed by atoms with E-state index in [9.17, 15) is 4.79 Å². The normalized spacial score (nSPS) is 12.9. The van der Waals surface area contributed by atoms with Crippen molar-refractivity contribution in [3.63, 3.8) is 0 Å². The third kappa shape index (κ3) is 3.16. The molecule has 0 saturated heterocycles. The zero-order valence-electron chi connectivity index (χ0n) is 14.5. The van der Waals surface area contributed by atoms with Crippen molar-refractivity contribution < 1.29 is 4.79 Å². The maximum atomic E-state index is 12.9. The average Bonchev–Trinajstić information content (AvgIpc) is 3.18. The first kappa shape index (κ1) is 17.6. The van der Waals surface area contributed by atoms with Crippen molar-refractivity contribution in [3.8, 4) is 5.69 Å². The fraction of sp³-hybridized carbons (Fsp3) is 0.200. The van der Waals surface area contributed by atoms with Gasteiger partial charge in [-0.25, -0.2) is 4.68 Å². The van der Waals surface area contributed by atoms with E-state index in [2.05, 4.69) is 60.0 Å². The molecule has 0 bridgehead atoms. The Balaban J connectivity index is 1.78. The number of nitrogens with one attached hydrogen (secondary N) is 1. The summed E-state index contributed by atoms with van der Waals surface area (Å²) >= 11 is 4.03. The number of fused-ring (bicyclic) bond motifs is 1. The Hall–Kier alpha value is -1.80. The molecule has 0 radical (unpaired) electrons. The quantitative estimate of drug-likeness (QED) is 0.537. The standard InChI is InChI=1S/C20H18IN3OS/c1-12-7-8-18(13(2)9-12)24-19(15-10-26-11-17(15)23-24)22-20(25)14-5-3-4-6-16(14)21/h3-9H,10-11H2,1-2H3,(H,22,25). The van der Waals surface area contributed by atoms with Crippen LogP contribution >= 0.6 is 34.4 Å². The van der Waals surface area contributed by atoms with Crippen LogP contribution in [0.5, 0.6) is 0 Å². The molecule has 4 rings (SSSR count). The van der Waals surface area contributed by atoms with Crippen LogP contribution in [0.4, 0.5) is 5.82 Å². The van der Waals surface area contributed by atoms with Crippen LogP contribution in [0.25, 0.3) is 5.69 Å². The third-order valence-corrected chi connectivity index (χ3v) is 6.39. The first-order chi connectivity index (χ1) is 12.5. The van der Waals surface area contributed by atoms with Crippen LogP contribution in [0.2, 0.25) is 0 Å². The maximum Gasteiger partial charge on any atom is 0.257 e. The Kier molecular flexibility index (Phi) is 4.79. The van der Waals surface area contributed by atoms with E-state index in [1.165, 1.54) is 5.56 Å². The molecule has 0 unspecified atom stereocenters. The Bertz CT molecular complexity index is 1010. The molecule has 0 saturated carbocycles. The predicted octanol–water partition coefficient (Wildman–Crippen LogP) is 5.09. The number of anilines is 1. The van der Waals surface area contributed by atoms with E-state index in [1.54, 1.807) is 0 Å². The number of aryl methyl sites for hydroxylation is 2. The Labute approximate surface area is 170 Å². The van der Waals surface area contributed by atoms with Crippen molar-refractivity contribution in [1.29, 1.82) is 0 Å². The number of aromatic nitrogens is 2. The summed E-state index contributed by atoms with van der Waals surface area (Å²) in [6.07, 6.45) is 0. The fourth-order valence-corrected chi connectivity index (χ4v) is 4.85. The molecular formula is C20H18IN3OS. The number of hydrogen-bond donors (Lipinski definition) is 1. The lowest BCUT2D eigenvalue weighted by atomic mass is 10.1. The topological polar surface area (TPSA) is 46.9 Å². The molecular weight excluding hydrogens is 457 g/mol. The molecule has 26 heavy (non-hydrogen) atoms. The SMILES string of the molecule is Cc1ccc(-n2nc3c(c2NC(=O)c2ccccc2I)CSC3)c(C)c1. The van der Waals surface area contributed by atoms with Crippen LogP contribution in [-0.2, 0) is 11.5 Å². The molecule has 6 heteroatoms. The lowest BCUT2D eigenvalue weighted by Gasteiger charge is -2.14. The smallest absolute Gasteiger partial charge is 0.257 e. The zero-order chi connectivity index (χ0) is 18.3. The van der Waals surface area contributed by atoms with Crippen LogP contribution in [-0.4, -0.2) is 15.7 Å². The molecule has 1 aliphatic rings. The number of benzene rings is 2. The minimum Gasteiger partial charge on any atom is -0.306 e. The van der Waals surface area contributed by atoms with E-state index in [0.29, 0.717) is 5.56 Å². The lowest BCUT2D eigenvalue weighted by molar-refractivity contribution is 0.102. The van der Waals surface area contributed by atoms with Gasteiger partial charge >= 0.3 is 0 Å². The van der Waals surface area contributed by atoms with Crippen LogP contribution in [0.15, 0.2) is 42.5 Å². The van der Waals surface area contributed by atoms with Gasteiger partial charge in [-0.05, 0) is 60.2 Å². The number of thioether (sulfide) groups is 1. The highest BCUT2D eigenvalue weighted by atomic mass is 127. The Morgan fingerprint density at radius 2 is 2.00 bits per heavy atom. The van der Waals surface area contributed by atoms with Gasteiger partial charge in [0.05, 0.1) is 16.9 Å². The summed E-state index contributed by atoms with van der Waals surface area (Å²) in [5.41, 5.74) is 6.24. The first-order valence-corrected chi connectivity index (χ1v) is 10.6. The van der Waals surface area contributed by atoms with E-state index in [4.69, 9.17) is 5.10 Å². The maximum absolute atomic E-state index is 12.9. The van der Waals surface area contributed by atoms with Gasteiger partial charge in [-0.2, -0.15) is 16.9 Å². The number of carbonyl (C=O) groups is 1. The van der Waals surface area contributed by atoms with Gasteiger partial charge in [0, 0.05) is 20.6 Å². The number of hydrogen-bond acceptors (Lipinski definition) is 3. The molecule has 1 amide bonds. The van der Waals surface area contributed by atoms with E-state index >= 15 is 0 Å². The summed E-state index contributed by atoms with van der Waals surface area (Å²) in [6.45, 7) is 4.16. The van der Waals surface area contributed by atoms with E-state index in [0.717, 1.165) is 43.4 Å². The molecule has 4 nitrogen and oxygen atoms in total. The molecule has 3 aromatic rings. The van der Waals surface area contributed by atoms with Gasteiger partial charge in [0.25, 0.3) is 5.91 Å². The molecule has 0 atom stereocenters. The lowest BCUT2D eigenvalue weighted by Crippen LogP contribution is -2.17. The van der Waals surface area contributed by atoms with Crippen molar-refractivity contribution >= 4 is 46.1 Å². The van der Waals surface area contributed by atoms with Crippen LogP contribution in [0.3, 0.4) is 0 Å². The van der Waals surface area contributed by atoms with Crippen molar-refractivity contribution in [2.45, 2.75) is 25.4 Å². The monoisotopic (exact) mass is 475 g/mol. The molecule has 0 spiro atoms.